The monoisotopic (exact) mass is 270 g/mol. The maximum absolute atomic E-state index is 12.1. The number of esters is 1. The molecule has 2 nitrogen and oxygen atoms in total. The zero-order chi connectivity index (χ0) is 14.8. The predicted octanol–water partition coefficient (Wildman–Crippen LogP) is 4.36. The lowest BCUT2D eigenvalue weighted by Crippen LogP contribution is -2.29. The Bertz CT molecular complexity index is 603. The number of rotatable bonds is 3. The highest BCUT2D eigenvalue weighted by atomic mass is 16.5. The molecule has 0 aliphatic rings. The van der Waals surface area contributed by atoms with Crippen molar-refractivity contribution in [2.75, 3.05) is 0 Å². The first-order chi connectivity index (χ1) is 9.38. The minimum atomic E-state index is -0.163. The predicted molar refractivity (Wildman–Crippen MR) is 82.7 cm³/mol. The summed E-state index contributed by atoms with van der Waals surface area (Å²) in [5.41, 5.74) is 0.989. The number of fused-ring (bicyclic) bond motifs is 1. The highest BCUT2D eigenvalue weighted by Crippen LogP contribution is 2.23. The Morgan fingerprint density at radius 1 is 1.10 bits per heavy atom. The third kappa shape index (κ3) is 3.38. The molecule has 0 spiro atoms. The van der Waals surface area contributed by atoms with E-state index in [-0.39, 0.29) is 17.5 Å². The fourth-order valence-electron chi connectivity index (χ4n) is 2.02. The lowest BCUT2D eigenvalue weighted by molar-refractivity contribution is -0.152. The molecule has 106 valence electrons. The maximum atomic E-state index is 12.1. The molecule has 0 amide bonds. The summed E-state index contributed by atoms with van der Waals surface area (Å²) < 4.78 is 5.53. The Balaban J connectivity index is 2.15. The summed E-state index contributed by atoms with van der Waals surface area (Å²) >= 11 is 0. The second-order valence-corrected chi connectivity index (χ2v) is 6.31. The Kier molecular flexibility index (Phi) is 4.12. The van der Waals surface area contributed by atoms with Gasteiger partial charge < -0.3 is 4.74 Å². The van der Waals surface area contributed by atoms with Crippen LogP contribution in [0.2, 0.25) is 0 Å². The van der Waals surface area contributed by atoms with Crippen LogP contribution < -0.4 is 0 Å². The molecule has 0 N–H and O–H groups in total. The minimum Gasteiger partial charge on any atom is -0.462 e. The van der Waals surface area contributed by atoms with E-state index in [0.717, 1.165) is 16.3 Å². The van der Waals surface area contributed by atoms with Crippen molar-refractivity contribution in [3.8, 4) is 0 Å². The van der Waals surface area contributed by atoms with Crippen molar-refractivity contribution in [2.45, 2.75) is 40.2 Å². The van der Waals surface area contributed by atoms with E-state index in [1.165, 1.54) is 0 Å². The minimum absolute atomic E-state index is 0.0333. The molecule has 0 aliphatic carbocycles. The van der Waals surface area contributed by atoms with E-state index in [1.54, 1.807) is 0 Å². The smallest absolute Gasteiger partial charge is 0.310 e. The van der Waals surface area contributed by atoms with E-state index < -0.39 is 0 Å². The van der Waals surface area contributed by atoms with Gasteiger partial charge in [0, 0.05) is 0 Å². The molecule has 0 fully saturated rings. The molecule has 2 aromatic carbocycles. The first-order valence-corrected chi connectivity index (χ1v) is 7.04. The topological polar surface area (TPSA) is 26.3 Å². The van der Waals surface area contributed by atoms with Gasteiger partial charge >= 0.3 is 5.97 Å². The maximum Gasteiger partial charge on any atom is 0.310 e. The third-order valence-corrected chi connectivity index (χ3v) is 3.74. The van der Waals surface area contributed by atoms with Gasteiger partial charge in [-0.15, -0.1) is 0 Å². The average molecular weight is 270 g/mol. The van der Waals surface area contributed by atoms with Gasteiger partial charge in [-0.3, -0.25) is 4.79 Å². The van der Waals surface area contributed by atoms with Crippen LogP contribution >= 0.6 is 0 Å². The summed E-state index contributed by atoms with van der Waals surface area (Å²) in [6, 6.07) is 14.1. The standard InChI is InChI=1S/C18H22O2/c1-13(18(2,3)4)20-17(19)12-15-10-7-9-14-8-5-6-11-16(14)15/h5-11,13H,12H2,1-4H3. The van der Waals surface area contributed by atoms with Gasteiger partial charge in [0.25, 0.3) is 0 Å². The molecule has 2 heteroatoms. The van der Waals surface area contributed by atoms with Crippen LogP contribution in [0.5, 0.6) is 0 Å². The third-order valence-electron chi connectivity index (χ3n) is 3.74. The highest BCUT2D eigenvalue weighted by molar-refractivity contribution is 5.88. The average Bonchev–Trinajstić information content (AvgIpc) is 2.38. The fraction of sp³-hybridized carbons (Fsp3) is 0.389. The summed E-state index contributed by atoms with van der Waals surface area (Å²) in [5, 5.41) is 2.28. The van der Waals surface area contributed by atoms with Gasteiger partial charge in [0.1, 0.15) is 6.10 Å². The van der Waals surface area contributed by atoms with E-state index in [1.807, 2.05) is 37.3 Å². The molecule has 2 rings (SSSR count). The molecule has 0 heterocycles. The molecule has 2 aromatic rings. The molecule has 0 radical (unpaired) electrons. The SMILES string of the molecule is CC(OC(=O)Cc1cccc2ccccc12)C(C)(C)C. The molecule has 0 saturated heterocycles. The summed E-state index contributed by atoms with van der Waals surface area (Å²) in [6.45, 7) is 8.16. The number of ether oxygens (including phenoxy) is 1. The van der Waals surface area contributed by atoms with Gasteiger partial charge in [0.05, 0.1) is 6.42 Å². The van der Waals surface area contributed by atoms with Gasteiger partial charge in [-0.25, -0.2) is 0 Å². The summed E-state index contributed by atoms with van der Waals surface area (Å²) in [7, 11) is 0. The van der Waals surface area contributed by atoms with Crippen molar-refractivity contribution in [3.63, 3.8) is 0 Å². The number of hydrogen-bond donors (Lipinski definition) is 0. The van der Waals surface area contributed by atoms with Crippen LogP contribution in [0.15, 0.2) is 42.5 Å². The molecule has 0 saturated carbocycles. The first kappa shape index (κ1) is 14.6. The van der Waals surface area contributed by atoms with Gasteiger partial charge in [-0.1, -0.05) is 63.2 Å². The van der Waals surface area contributed by atoms with Crippen LogP contribution in [0.1, 0.15) is 33.3 Å². The summed E-state index contributed by atoms with van der Waals surface area (Å²) in [5.74, 6) is -0.163. The zero-order valence-electron chi connectivity index (χ0n) is 12.6. The molecule has 0 aromatic heterocycles. The second-order valence-electron chi connectivity index (χ2n) is 6.31. The Morgan fingerprint density at radius 2 is 1.75 bits per heavy atom. The van der Waals surface area contributed by atoms with E-state index in [9.17, 15) is 4.79 Å². The molecular formula is C18H22O2. The lowest BCUT2D eigenvalue weighted by atomic mass is 9.90. The molecule has 1 unspecified atom stereocenters. The van der Waals surface area contributed by atoms with Gasteiger partial charge in [0.15, 0.2) is 0 Å². The molecule has 1 atom stereocenters. The van der Waals surface area contributed by atoms with Crippen molar-refractivity contribution >= 4 is 16.7 Å². The zero-order valence-corrected chi connectivity index (χ0v) is 12.6. The van der Waals surface area contributed by atoms with Crippen molar-refractivity contribution < 1.29 is 9.53 Å². The lowest BCUT2D eigenvalue weighted by Gasteiger charge is -2.26. The van der Waals surface area contributed by atoms with E-state index >= 15 is 0 Å². The highest BCUT2D eigenvalue weighted by Gasteiger charge is 2.23. The normalized spacial score (nSPS) is 13.2. The Hall–Kier alpha value is -1.83. The summed E-state index contributed by atoms with van der Waals surface area (Å²) in [6.07, 6.45) is 0.229. The second kappa shape index (κ2) is 5.66. The van der Waals surface area contributed by atoms with Crippen LogP contribution in [-0.2, 0) is 16.0 Å². The van der Waals surface area contributed by atoms with E-state index in [2.05, 4.69) is 32.9 Å². The number of carbonyl (C=O) groups excluding carboxylic acids is 1. The van der Waals surface area contributed by atoms with Crippen LogP contribution in [0.4, 0.5) is 0 Å². The first-order valence-electron chi connectivity index (χ1n) is 7.04. The van der Waals surface area contributed by atoms with Crippen molar-refractivity contribution in [2.24, 2.45) is 5.41 Å². The molecule has 0 bridgehead atoms. The summed E-state index contributed by atoms with van der Waals surface area (Å²) in [4.78, 5) is 12.1. The van der Waals surface area contributed by atoms with E-state index in [4.69, 9.17) is 4.74 Å². The number of benzene rings is 2. The van der Waals surface area contributed by atoms with Crippen molar-refractivity contribution in [3.05, 3.63) is 48.0 Å². The van der Waals surface area contributed by atoms with Crippen LogP contribution in [0, 0.1) is 5.41 Å². The van der Waals surface area contributed by atoms with Crippen LogP contribution in [0.25, 0.3) is 10.8 Å². The van der Waals surface area contributed by atoms with E-state index in [0.29, 0.717) is 6.42 Å². The molecular weight excluding hydrogens is 248 g/mol. The van der Waals surface area contributed by atoms with Crippen LogP contribution in [-0.4, -0.2) is 12.1 Å². The molecule has 0 aliphatic heterocycles. The number of hydrogen-bond acceptors (Lipinski definition) is 2. The fourth-order valence-corrected chi connectivity index (χ4v) is 2.02. The van der Waals surface area contributed by atoms with Gasteiger partial charge in [-0.05, 0) is 28.7 Å². The van der Waals surface area contributed by atoms with Crippen molar-refractivity contribution in [1.82, 2.24) is 0 Å². The van der Waals surface area contributed by atoms with Crippen LogP contribution in [0.3, 0.4) is 0 Å². The molecule has 20 heavy (non-hydrogen) atoms. The van der Waals surface area contributed by atoms with Crippen molar-refractivity contribution in [1.29, 1.82) is 0 Å². The Labute approximate surface area is 120 Å². The Morgan fingerprint density at radius 3 is 2.45 bits per heavy atom. The van der Waals surface area contributed by atoms with Gasteiger partial charge in [0.2, 0.25) is 0 Å². The van der Waals surface area contributed by atoms with Gasteiger partial charge in [-0.2, -0.15) is 0 Å². The quantitative estimate of drug-likeness (QED) is 0.775. The largest absolute Gasteiger partial charge is 0.462 e. The number of carbonyl (C=O) groups is 1.